The molecule has 2 heterocycles. The second-order valence-electron chi connectivity index (χ2n) is 8.06. The number of amides is 1. The number of anilines is 1. The first-order valence-electron chi connectivity index (χ1n) is 10.4. The van der Waals surface area contributed by atoms with Crippen molar-refractivity contribution in [3.05, 3.63) is 16.0 Å². The number of ketones is 1. The van der Waals surface area contributed by atoms with Crippen molar-refractivity contribution in [2.75, 3.05) is 31.6 Å². The highest BCUT2D eigenvalue weighted by molar-refractivity contribution is 7.18. The monoisotopic (exact) mass is 407 g/mol. The molecular formula is C21H31N2O4S+. The lowest BCUT2D eigenvalue weighted by molar-refractivity contribution is -0.902. The van der Waals surface area contributed by atoms with Gasteiger partial charge in [-0.15, -0.1) is 11.3 Å². The molecule has 3 atom stereocenters. The summed E-state index contributed by atoms with van der Waals surface area (Å²) in [6, 6.07) is 0. The SMILES string of the molecule is CCOC(=O)c1c(NC(=O)C[NH+]2CC[C@@H]3CCCC[C@@H]3C2)sc(C(C)=O)c1C. The minimum Gasteiger partial charge on any atom is -0.462 e. The number of hydrogen-bond donors (Lipinski definition) is 2. The Morgan fingerprint density at radius 2 is 1.89 bits per heavy atom. The van der Waals surface area contributed by atoms with Crippen LogP contribution in [0.5, 0.6) is 0 Å². The third kappa shape index (κ3) is 4.63. The van der Waals surface area contributed by atoms with Gasteiger partial charge in [-0.2, -0.15) is 0 Å². The standard InChI is InChI=1S/C21H30N2O4S/c1-4-27-21(26)18-13(2)19(14(3)24)28-20(18)22-17(25)12-23-10-9-15-7-5-6-8-16(15)11-23/h15-16H,4-12H2,1-3H3,(H,22,25)/p+1/t15-,16+/m0/s1. The Labute approximate surface area is 170 Å². The zero-order chi connectivity index (χ0) is 20.3. The van der Waals surface area contributed by atoms with E-state index in [9.17, 15) is 14.4 Å². The molecule has 154 valence electrons. The molecule has 0 spiro atoms. The number of hydrogen-bond acceptors (Lipinski definition) is 5. The summed E-state index contributed by atoms with van der Waals surface area (Å²) in [6.45, 7) is 7.68. The van der Waals surface area contributed by atoms with Gasteiger partial charge < -0.3 is 15.0 Å². The van der Waals surface area contributed by atoms with E-state index < -0.39 is 5.97 Å². The topological polar surface area (TPSA) is 76.9 Å². The summed E-state index contributed by atoms with van der Waals surface area (Å²) in [5, 5.41) is 3.32. The van der Waals surface area contributed by atoms with Gasteiger partial charge in [-0.3, -0.25) is 9.59 Å². The van der Waals surface area contributed by atoms with Gasteiger partial charge in [-0.25, -0.2) is 4.79 Å². The molecule has 2 aliphatic rings. The van der Waals surface area contributed by atoms with Crippen LogP contribution in [0.4, 0.5) is 5.00 Å². The summed E-state index contributed by atoms with van der Waals surface area (Å²) in [5.41, 5.74) is 0.896. The van der Waals surface area contributed by atoms with Gasteiger partial charge in [0.15, 0.2) is 12.3 Å². The van der Waals surface area contributed by atoms with E-state index in [2.05, 4.69) is 5.32 Å². The van der Waals surface area contributed by atoms with Gasteiger partial charge in [0.05, 0.1) is 30.1 Å². The largest absolute Gasteiger partial charge is 0.462 e. The smallest absolute Gasteiger partial charge is 0.341 e. The van der Waals surface area contributed by atoms with Crippen molar-refractivity contribution in [3.63, 3.8) is 0 Å². The van der Waals surface area contributed by atoms with Crippen LogP contribution in [-0.2, 0) is 9.53 Å². The molecule has 28 heavy (non-hydrogen) atoms. The molecular weight excluding hydrogens is 376 g/mol. The number of fused-ring (bicyclic) bond motifs is 1. The average molecular weight is 408 g/mol. The molecule has 0 aromatic carbocycles. The predicted octanol–water partition coefficient (Wildman–Crippen LogP) is 2.47. The summed E-state index contributed by atoms with van der Waals surface area (Å²) in [5.74, 6) is 0.877. The number of quaternary nitrogens is 1. The van der Waals surface area contributed by atoms with Crippen molar-refractivity contribution in [2.24, 2.45) is 11.8 Å². The molecule has 1 aliphatic heterocycles. The molecule has 2 N–H and O–H groups in total. The van der Waals surface area contributed by atoms with Crippen molar-refractivity contribution >= 4 is 34.0 Å². The number of nitrogens with one attached hydrogen (secondary N) is 2. The predicted molar refractivity (Wildman–Crippen MR) is 109 cm³/mol. The molecule has 3 rings (SSSR count). The molecule has 1 saturated heterocycles. The normalized spacial score (nSPS) is 24.3. The first-order valence-corrected chi connectivity index (χ1v) is 11.2. The number of ether oxygens (including phenoxy) is 1. The van der Waals surface area contributed by atoms with Gasteiger partial charge in [0.2, 0.25) is 0 Å². The fourth-order valence-corrected chi connectivity index (χ4v) is 5.85. The molecule has 1 aromatic rings. The van der Waals surface area contributed by atoms with Crippen molar-refractivity contribution in [1.82, 2.24) is 0 Å². The maximum atomic E-state index is 12.7. The van der Waals surface area contributed by atoms with Gasteiger partial charge in [0.1, 0.15) is 5.00 Å². The van der Waals surface area contributed by atoms with E-state index >= 15 is 0 Å². The Kier molecular flexibility index (Phi) is 6.88. The highest BCUT2D eigenvalue weighted by Crippen LogP contribution is 2.34. The first-order chi connectivity index (χ1) is 13.4. The summed E-state index contributed by atoms with van der Waals surface area (Å²) in [7, 11) is 0. The minimum absolute atomic E-state index is 0.105. The maximum absolute atomic E-state index is 12.7. The van der Waals surface area contributed by atoms with Gasteiger partial charge >= 0.3 is 5.97 Å². The molecule has 1 amide bonds. The van der Waals surface area contributed by atoms with E-state index in [0.29, 0.717) is 27.5 Å². The van der Waals surface area contributed by atoms with Crippen LogP contribution < -0.4 is 10.2 Å². The Bertz CT molecular complexity index is 758. The maximum Gasteiger partial charge on any atom is 0.341 e. The van der Waals surface area contributed by atoms with Crippen LogP contribution in [0.3, 0.4) is 0 Å². The lowest BCUT2D eigenvalue weighted by Gasteiger charge is -2.38. The molecule has 6 nitrogen and oxygen atoms in total. The number of likely N-dealkylation sites (tertiary alicyclic amines) is 1. The highest BCUT2D eigenvalue weighted by atomic mass is 32.1. The van der Waals surface area contributed by atoms with E-state index in [1.165, 1.54) is 55.3 Å². The number of carbonyl (C=O) groups excluding carboxylic acids is 3. The van der Waals surface area contributed by atoms with Crippen LogP contribution in [0.1, 0.15) is 71.5 Å². The third-order valence-corrected chi connectivity index (χ3v) is 7.40. The first kappa shape index (κ1) is 21.0. The lowest BCUT2D eigenvalue weighted by atomic mass is 9.75. The van der Waals surface area contributed by atoms with Gasteiger partial charge in [-0.1, -0.05) is 12.8 Å². The fraction of sp³-hybridized carbons (Fsp3) is 0.667. The van der Waals surface area contributed by atoms with Crippen molar-refractivity contribution in [1.29, 1.82) is 0 Å². The molecule has 1 saturated carbocycles. The summed E-state index contributed by atoms with van der Waals surface area (Å²) in [4.78, 5) is 38.8. The number of esters is 1. The molecule has 1 aromatic heterocycles. The Morgan fingerprint density at radius 1 is 1.18 bits per heavy atom. The second kappa shape index (κ2) is 9.18. The minimum atomic E-state index is -0.491. The van der Waals surface area contributed by atoms with Crippen molar-refractivity contribution in [2.45, 2.75) is 52.9 Å². The van der Waals surface area contributed by atoms with E-state index in [1.807, 2.05) is 0 Å². The molecule has 0 bridgehead atoms. The Morgan fingerprint density at radius 3 is 2.57 bits per heavy atom. The second-order valence-corrected chi connectivity index (χ2v) is 9.08. The fourth-order valence-electron chi connectivity index (χ4n) is 4.74. The number of thiophene rings is 1. The van der Waals surface area contributed by atoms with Gasteiger partial charge in [-0.05, 0) is 51.5 Å². The summed E-state index contributed by atoms with van der Waals surface area (Å²) >= 11 is 1.17. The molecule has 1 unspecified atom stereocenters. The third-order valence-electron chi connectivity index (χ3n) is 6.10. The number of Topliss-reactive ketones (excluding diaryl/α,β-unsaturated/α-hetero) is 1. The zero-order valence-corrected chi connectivity index (χ0v) is 17.9. The molecule has 1 aliphatic carbocycles. The quantitative estimate of drug-likeness (QED) is 0.561. The molecule has 0 radical (unpaired) electrons. The Hall–Kier alpha value is -1.73. The van der Waals surface area contributed by atoms with Gasteiger partial charge in [0.25, 0.3) is 5.91 Å². The summed E-state index contributed by atoms with van der Waals surface area (Å²) in [6.07, 6.45) is 6.49. The van der Waals surface area contributed by atoms with E-state index in [1.54, 1.807) is 13.8 Å². The zero-order valence-electron chi connectivity index (χ0n) is 17.1. The van der Waals surface area contributed by atoms with Crippen molar-refractivity contribution < 1.29 is 24.0 Å². The number of carbonyl (C=O) groups is 3. The van der Waals surface area contributed by atoms with Crippen LogP contribution in [-0.4, -0.2) is 43.9 Å². The van der Waals surface area contributed by atoms with Gasteiger partial charge in [0, 0.05) is 5.92 Å². The molecule has 7 heteroatoms. The van der Waals surface area contributed by atoms with E-state index in [4.69, 9.17) is 4.74 Å². The van der Waals surface area contributed by atoms with Crippen LogP contribution in [0, 0.1) is 18.8 Å². The number of rotatable bonds is 6. The summed E-state index contributed by atoms with van der Waals surface area (Å²) < 4.78 is 5.13. The highest BCUT2D eigenvalue weighted by Gasteiger charge is 2.34. The van der Waals surface area contributed by atoms with Crippen LogP contribution in [0.2, 0.25) is 0 Å². The van der Waals surface area contributed by atoms with Crippen molar-refractivity contribution in [3.8, 4) is 0 Å². The van der Waals surface area contributed by atoms with E-state index in [0.717, 1.165) is 24.9 Å². The number of piperidine rings is 1. The van der Waals surface area contributed by atoms with Crippen LogP contribution in [0.25, 0.3) is 0 Å². The average Bonchev–Trinajstić information content (AvgIpc) is 2.98. The Balaban J connectivity index is 1.68. The van der Waals surface area contributed by atoms with Crippen LogP contribution >= 0.6 is 11.3 Å². The van der Waals surface area contributed by atoms with E-state index in [-0.39, 0.29) is 18.3 Å². The lowest BCUT2D eigenvalue weighted by Crippen LogP contribution is -3.15. The van der Waals surface area contributed by atoms with Crippen LogP contribution in [0.15, 0.2) is 0 Å². The molecule has 2 fully saturated rings.